The van der Waals surface area contributed by atoms with Crippen molar-refractivity contribution in [1.29, 1.82) is 0 Å². The first-order valence-electron chi connectivity index (χ1n) is 7.70. The van der Waals surface area contributed by atoms with Gasteiger partial charge in [-0.25, -0.2) is 4.98 Å². The van der Waals surface area contributed by atoms with Crippen LogP contribution in [0.25, 0.3) is 11.3 Å². The van der Waals surface area contributed by atoms with Gasteiger partial charge in [0.2, 0.25) is 0 Å². The Bertz CT molecular complexity index is 760. The molecular formula is C20H20N2O. The smallest absolute Gasteiger partial charge is 0.119 e. The molecule has 0 aliphatic carbocycles. The van der Waals surface area contributed by atoms with E-state index in [0.29, 0.717) is 6.61 Å². The van der Waals surface area contributed by atoms with Crippen molar-refractivity contribution in [2.75, 3.05) is 6.61 Å². The molecule has 0 unspecified atom stereocenters. The van der Waals surface area contributed by atoms with Gasteiger partial charge in [0.05, 0.1) is 24.3 Å². The van der Waals surface area contributed by atoms with Crippen molar-refractivity contribution >= 4 is 0 Å². The lowest BCUT2D eigenvalue weighted by Crippen LogP contribution is -2.06. The van der Waals surface area contributed by atoms with Crippen LogP contribution < -0.4 is 4.74 Å². The number of rotatable bonds is 6. The van der Waals surface area contributed by atoms with Crippen LogP contribution in [0.3, 0.4) is 0 Å². The summed E-state index contributed by atoms with van der Waals surface area (Å²) in [5, 5.41) is 0. The van der Waals surface area contributed by atoms with Crippen molar-refractivity contribution in [2.24, 2.45) is 0 Å². The van der Waals surface area contributed by atoms with Crippen LogP contribution in [0.2, 0.25) is 0 Å². The number of nitrogens with zero attached hydrogens (tertiary/aromatic N) is 2. The molecule has 116 valence electrons. The molecule has 1 aromatic heterocycles. The molecule has 0 bridgehead atoms. The second kappa shape index (κ2) is 6.97. The van der Waals surface area contributed by atoms with Crippen molar-refractivity contribution < 1.29 is 4.74 Å². The number of imidazole rings is 1. The summed E-state index contributed by atoms with van der Waals surface area (Å²) in [4.78, 5) is 4.34. The molecule has 23 heavy (non-hydrogen) atoms. The third-order valence-corrected chi connectivity index (χ3v) is 3.88. The van der Waals surface area contributed by atoms with E-state index in [1.807, 2.05) is 30.7 Å². The molecular weight excluding hydrogens is 284 g/mol. The highest BCUT2D eigenvalue weighted by Crippen LogP contribution is 2.27. The number of aromatic nitrogens is 2. The molecule has 3 nitrogen and oxygen atoms in total. The van der Waals surface area contributed by atoms with Crippen LogP contribution in [0.1, 0.15) is 18.5 Å². The van der Waals surface area contributed by atoms with E-state index in [2.05, 4.69) is 59.5 Å². The lowest BCUT2D eigenvalue weighted by atomic mass is 10.1. The Labute approximate surface area is 136 Å². The third-order valence-electron chi connectivity index (χ3n) is 3.88. The van der Waals surface area contributed by atoms with E-state index in [4.69, 9.17) is 4.74 Å². The van der Waals surface area contributed by atoms with Gasteiger partial charge in [0.15, 0.2) is 0 Å². The highest BCUT2D eigenvalue weighted by atomic mass is 16.5. The molecule has 0 N–H and O–H groups in total. The van der Waals surface area contributed by atoms with E-state index < -0.39 is 0 Å². The minimum Gasteiger partial charge on any atom is -0.490 e. The van der Waals surface area contributed by atoms with Crippen LogP contribution in [0.15, 0.2) is 79.8 Å². The summed E-state index contributed by atoms with van der Waals surface area (Å²) >= 11 is 0. The van der Waals surface area contributed by atoms with Crippen molar-refractivity contribution in [3.63, 3.8) is 0 Å². The van der Waals surface area contributed by atoms with E-state index in [-0.39, 0.29) is 6.04 Å². The Hall–Kier alpha value is -2.81. The highest BCUT2D eigenvalue weighted by molar-refractivity contribution is 5.60. The first kappa shape index (κ1) is 15.1. The van der Waals surface area contributed by atoms with E-state index in [9.17, 15) is 0 Å². The molecule has 0 saturated carbocycles. The van der Waals surface area contributed by atoms with Crippen molar-refractivity contribution in [1.82, 2.24) is 9.55 Å². The van der Waals surface area contributed by atoms with E-state index in [1.165, 1.54) is 5.56 Å². The van der Waals surface area contributed by atoms with Gasteiger partial charge in [0, 0.05) is 5.56 Å². The van der Waals surface area contributed by atoms with E-state index in [0.717, 1.165) is 17.0 Å². The number of hydrogen-bond donors (Lipinski definition) is 0. The van der Waals surface area contributed by atoms with Gasteiger partial charge < -0.3 is 9.30 Å². The van der Waals surface area contributed by atoms with Crippen LogP contribution >= 0.6 is 0 Å². The minimum absolute atomic E-state index is 0.227. The summed E-state index contributed by atoms with van der Waals surface area (Å²) in [5.74, 6) is 0.843. The predicted molar refractivity (Wildman–Crippen MR) is 93.6 cm³/mol. The van der Waals surface area contributed by atoms with Gasteiger partial charge in [0.25, 0.3) is 0 Å². The molecule has 0 aliphatic rings. The lowest BCUT2D eigenvalue weighted by Gasteiger charge is -2.17. The number of hydrogen-bond acceptors (Lipinski definition) is 2. The van der Waals surface area contributed by atoms with Gasteiger partial charge in [-0.2, -0.15) is 0 Å². The summed E-state index contributed by atoms with van der Waals surface area (Å²) in [7, 11) is 0. The molecule has 3 aromatic rings. The molecule has 3 rings (SSSR count). The van der Waals surface area contributed by atoms with Gasteiger partial charge >= 0.3 is 0 Å². The van der Waals surface area contributed by atoms with Gasteiger partial charge in [-0.05, 0) is 36.8 Å². The van der Waals surface area contributed by atoms with Crippen molar-refractivity contribution in [3.8, 4) is 17.0 Å². The summed E-state index contributed by atoms with van der Waals surface area (Å²) in [6.07, 6.45) is 5.53. The quantitative estimate of drug-likeness (QED) is 0.616. The topological polar surface area (TPSA) is 27.1 Å². The molecule has 0 aliphatic heterocycles. The standard InChI is InChI=1S/C20H20N2O/c1-3-13-23-19-11-9-18(10-12-19)20-14-21-15-22(20)16(2)17-7-5-4-6-8-17/h3-12,14-16H,1,13H2,2H3/t16-/m0/s1. The first-order chi connectivity index (χ1) is 11.3. The van der Waals surface area contributed by atoms with Gasteiger partial charge in [-0.1, -0.05) is 43.0 Å². The Morgan fingerprint density at radius 2 is 1.87 bits per heavy atom. The second-order valence-corrected chi connectivity index (χ2v) is 5.40. The first-order valence-corrected chi connectivity index (χ1v) is 7.70. The Morgan fingerprint density at radius 1 is 1.13 bits per heavy atom. The fourth-order valence-electron chi connectivity index (χ4n) is 2.61. The Kier molecular flexibility index (Phi) is 4.57. The molecule has 2 aromatic carbocycles. The monoisotopic (exact) mass is 304 g/mol. The summed E-state index contributed by atoms with van der Waals surface area (Å²) < 4.78 is 7.72. The molecule has 0 radical (unpaired) electrons. The maximum absolute atomic E-state index is 5.53. The zero-order chi connectivity index (χ0) is 16.1. The SMILES string of the molecule is C=CCOc1ccc(-c2cncn2[C@@H](C)c2ccccc2)cc1. The fourth-order valence-corrected chi connectivity index (χ4v) is 2.61. The summed E-state index contributed by atoms with van der Waals surface area (Å²) in [5.41, 5.74) is 3.48. The van der Waals surface area contributed by atoms with Crippen LogP contribution in [-0.2, 0) is 0 Å². The average Bonchev–Trinajstić information content (AvgIpc) is 3.10. The van der Waals surface area contributed by atoms with Gasteiger partial charge in [-0.3, -0.25) is 0 Å². The second-order valence-electron chi connectivity index (χ2n) is 5.40. The summed E-state index contributed by atoms with van der Waals surface area (Å²) in [6.45, 7) is 6.36. The zero-order valence-corrected chi connectivity index (χ0v) is 13.2. The maximum Gasteiger partial charge on any atom is 0.119 e. The summed E-state index contributed by atoms with van der Waals surface area (Å²) in [6, 6.07) is 18.7. The van der Waals surface area contributed by atoms with Gasteiger partial charge in [-0.15, -0.1) is 0 Å². The van der Waals surface area contributed by atoms with Crippen LogP contribution in [0, 0.1) is 0 Å². The van der Waals surface area contributed by atoms with Crippen LogP contribution in [0.4, 0.5) is 0 Å². The number of benzene rings is 2. The van der Waals surface area contributed by atoms with Crippen LogP contribution in [-0.4, -0.2) is 16.2 Å². The minimum atomic E-state index is 0.227. The third kappa shape index (κ3) is 3.34. The lowest BCUT2D eigenvalue weighted by molar-refractivity contribution is 0.363. The molecule has 1 atom stereocenters. The molecule has 0 saturated heterocycles. The Balaban J connectivity index is 1.87. The Morgan fingerprint density at radius 3 is 2.57 bits per heavy atom. The largest absolute Gasteiger partial charge is 0.490 e. The molecule has 0 spiro atoms. The van der Waals surface area contributed by atoms with Gasteiger partial charge in [0.1, 0.15) is 12.4 Å². The fraction of sp³-hybridized carbons (Fsp3) is 0.150. The molecule has 1 heterocycles. The number of ether oxygens (including phenoxy) is 1. The normalized spacial score (nSPS) is 11.9. The molecule has 3 heteroatoms. The van der Waals surface area contributed by atoms with Crippen LogP contribution in [0.5, 0.6) is 5.75 Å². The molecule has 0 fully saturated rings. The van der Waals surface area contributed by atoms with E-state index >= 15 is 0 Å². The predicted octanol–water partition coefficient (Wildman–Crippen LogP) is 4.72. The van der Waals surface area contributed by atoms with Crippen molar-refractivity contribution in [2.45, 2.75) is 13.0 Å². The average molecular weight is 304 g/mol. The zero-order valence-electron chi connectivity index (χ0n) is 13.2. The van der Waals surface area contributed by atoms with Crippen molar-refractivity contribution in [3.05, 3.63) is 85.3 Å². The maximum atomic E-state index is 5.53. The molecule has 0 amide bonds. The highest BCUT2D eigenvalue weighted by Gasteiger charge is 2.12. The van der Waals surface area contributed by atoms with E-state index in [1.54, 1.807) is 6.08 Å².